The van der Waals surface area contributed by atoms with Crippen molar-refractivity contribution >= 4 is 27.5 Å². The minimum atomic E-state index is -3.69. The summed E-state index contributed by atoms with van der Waals surface area (Å²) in [6.07, 6.45) is 1.02. The molecule has 0 atom stereocenters. The van der Waals surface area contributed by atoms with E-state index in [2.05, 4.69) is 0 Å². The Balaban J connectivity index is 2.08. The number of aryl methyl sites for hydroxylation is 3. The molecule has 2 aromatic rings. The molecule has 0 aliphatic heterocycles. The lowest BCUT2D eigenvalue weighted by Gasteiger charge is -2.23. The molecule has 0 unspecified atom stereocenters. The number of sulfonamides is 1. The number of esters is 1. The maximum absolute atomic E-state index is 12.3. The Hall–Kier alpha value is -2.67. The molecule has 144 valence electrons. The van der Waals surface area contributed by atoms with Crippen molar-refractivity contribution in [3.8, 4) is 0 Å². The van der Waals surface area contributed by atoms with Crippen LogP contribution < -0.4 is 4.31 Å². The van der Waals surface area contributed by atoms with Crippen molar-refractivity contribution in [3.63, 3.8) is 0 Å². The van der Waals surface area contributed by atoms with E-state index < -0.39 is 29.1 Å². The molecule has 0 radical (unpaired) electrons. The van der Waals surface area contributed by atoms with Crippen LogP contribution in [0.3, 0.4) is 0 Å². The predicted octanol–water partition coefficient (Wildman–Crippen LogP) is 2.80. The van der Waals surface area contributed by atoms with Crippen LogP contribution in [-0.4, -0.2) is 39.6 Å². The molecule has 27 heavy (non-hydrogen) atoms. The van der Waals surface area contributed by atoms with Gasteiger partial charge in [-0.15, -0.1) is 0 Å². The first-order valence-corrected chi connectivity index (χ1v) is 10.2. The summed E-state index contributed by atoms with van der Waals surface area (Å²) in [5.41, 5.74) is 3.42. The third-order valence-corrected chi connectivity index (χ3v) is 5.23. The maximum Gasteiger partial charge on any atom is 0.327 e. The molecule has 0 bridgehead atoms. The topological polar surface area (TPSA) is 80.8 Å². The number of hydrogen-bond donors (Lipinski definition) is 0. The molecular formula is C20H23NO5S. The monoisotopic (exact) mass is 389 g/mol. The van der Waals surface area contributed by atoms with Crippen LogP contribution in [-0.2, 0) is 19.6 Å². The number of Topliss-reactive ketones (excluding diaryl/α,β-unsaturated/α-hetero) is 1. The van der Waals surface area contributed by atoms with Gasteiger partial charge in [-0.05, 0) is 38.0 Å². The Bertz CT molecular complexity index is 966. The highest BCUT2D eigenvalue weighted by Crippen LogP contribution is 2.22. The van der Waals surface area contributed by atoms with E-state index in [4.69, 9.17) is 4.74 Å². The average Bonchev–Trinajstić information content (AvgIpc) is 2.57. The van der Waals surface area contributed by atoms with Crippen LogP contribution in [0.4, 0.5) is 5.69 Å². The van der Waals surface area contributed by atoms with E-state index in [-0.39, 0.29) is 5.78 Å². The highest BCUT2D eigenvalue weighted by atomic mass is 32.2. The molecule has 0 aromatic heterocycles. The second kappa shape index (κ2) is 8.35. The number of carbonyl (C=O) groups is 2. The van der Waals surface area contributed by atoms with Crippen molar-refractivity contribution in [1.82, 2.24) is 0 Å². The maximum atomic E-state index is 12.3. The van der Waals surface area contributed by atoms with Crippen molar-refractivity contribution in [3.05, 3.63) is 64.7 Å². The SMILES string of the molecule is Cc1ccc(C(=O)COC(=O)CN(c2ccccc2C)S(C)(=O)=O)c(C)c1. The van der Waals surface area contributed by atoms with Gasteiger partial charge in [-0.1, -0.05) is 42.0 Å². The third kappa shape index (κ3) is 5.40. The number of nitrogens with zero attached hydrogens (tertiary/aromatic N) is 1. The summed E-state index contributed by atoms with van der Waals surface area (Å²) in [4.78, 5) is 24.5. The molecule has 0 saturated heterocycles. The van der Waals surface area contributed by atoms with Gasteiger partial charge >= 0.3 is 5.97 Å². The molecule has 0 aliphatic rings. The Morgan fingerprint density at radius 2 is 1.67 bits per heavy atom. The fourth-order valence-corrected chi connectivity index (χ4v) is 3.64. The van der Waals surface area contributed by atoms with Crippen molar-refractivity contribution in [2.24, 2.45) is 0 Å². The summed E-state index contributed by atoms with van der Waals surface area (Å²) in [7, 11) is -3.69. The molecule has 0 aliphatic carbocycles. The lowest BCUT2D eigenvalue weighted by atomic mass is 10.0. The standard InChI is InChI=1S/C20H23NO5S/c1-14-9-10-17(16(3)11-14)19(22)13-26-20(23)12-21(27(4,24)25)18-8-6-5-7-15(18)2/h5-11H,12-13H2,1-4H3. The fourth-order valence-electron chi connectivity index (χ4n) is 2.74. The van der Waals surface area contributed by atoms with Crippen LogP contribution in [0.25, 0.3) is 0 Å². The Labute approximate surface area is 159 Å². The van der Waals surface area contributed by atoms with Gasteiger partial charge in [0.2, 0.25) is 15.8 Å². The van der Waals surface area contributed by atoms with E-state index in [1.165, 1.54) is 0 Å². The fraction of sp³-hybridized carbons (Fsp3) is 0.300. The second-order valence-electron chi connectivity index (χ2n) is 6.46. The molecule has 0 spiro atoms. The molecule has 0 N–H and O–H groups in total. The first-order valence-electron chi connectivity index (χ1n) is 8.39. The first kappa shape index (κ1) is 20.6. The lowest BCUT2D eigenvalue weighted by molar-refractivity contribution is -0.140. The van der Waals surface area contributed by atoms with Crippen molar-refractivity contribution < 1.29 is 22.7 Å². The predicted molar refractivity (Wildman–Crippen MR) is 105 cm³/mol. The number of hydrogen-bond acceptors (Lipinski definition) is 5. The van der Waals surface area contributed by atoms with Gasteiger partial charge in [0.25, 0.3) is 0 Å². The lowest BCUT2D eigenvalue weighted by Crippen LogP contribution is -2.36. The summed E-state index contributed by atoms with van der Waals surface area (Å²) >= 11 is 0. The molecule has 0 heterocycles. The zero-order valence-corrected chi connectivity index (χ0v) is 16.7. The minimum absolute atomic E-state index is 0.331. The van der Waals surface area contributed by atoms with Gasteiger partial charge in [-0.3, -0.25) is 13.9 Å². The van der Waals surface area contributed by atoms with E-state index in [1.54, 1.807) is 37.3 Å². The zero-order valence-electron chi connectivity index (χ0n) is 15.9. The summed E-state index contributed by atoms with van der Waals surface area (Å²) < 4.78 is 30.2. The number of benzene rings is 2. The second-order valence-corrected chi connectivity index (χ2v) is 8.37. The summed E-state index contributed by atoms with van der Waals surface area (Å²) in [5, 5.41) is 0. The number of ketones is 1. The molecular weight excluding hydrogens is 366 g/mol. The van der Waals surface area contributed by atoms with E-state index >= 15 is 0 Å². The average molecular weight is 389 g/mol. The summed E-state index contributed by atoms with van der Waals surface area (Å²) in [6, 6.07) is 12.2. The van der Waals surface area contributed by atoms with Crippen LogP contribution in [0.5, 0.6) is 0 Å². The smallest absolute Gasteiger partial charge is 0.327 e. The summed E-state index contributed by atoms with van der Waals surface area (Å²) in [5.74, 6) is -1.12. The molecule has 2 aromatic carbocycles. The first-order chi connectivity index (χ1) is 12.6. The number of carbonyl (C=O) groups excluding carboxylic acids is 2. The normalized spacial score (nSPS) is 11.1. The van der Waals surface area contributed by atoms with E-state index in [1.807, 2.05) is 26.0 Å². The largest absolute Gasteiger partial charge is 0.456 e. The number of anilines is 1. The van der Waals surface area contributed by atoms with Crippen molar-refractivity contribution in [2.75, 3.05) is 23.7 Å². The molecule has 2 rings (SSSR count). The van der Waals surface area contributed by atoms with Gasteiger partial charge in [0.1, 0.15) is 6.54 Å². The Morgan fingerprint density at radius 3 is 2.26 bits per heavy atom. The minimum Gasteiger partial charge on any atom is -0.456 e. The quantitative estimate of drug-likeness (QED) is 0.537. The van der Waals surface area contributed by atoms with E-state index in [0.717, 1.165) is 21.7 Å². The van der Waals surface area contributed by atoms with Crippen LogP contribution in [0.15, 0.2) is 42.5 Å². The van der Waals surface area contributed by atoms with Gasteiger partial charge in [0, 0.05) is 5.56 Å². The van der Waals surface area contributed by atoms with Gasteiger partial charge in [0.05, 0.1) is 11.9 Å². The Kier molecular flexibility index (Phi) is 6.38. The Morgan fingerprint density at radius 1 is 1.00 bits per heavy atom. The number of ether oxygens (including phenoxy) is 1. The molecule has 0 saturated carbocycles. The molecule has 7 heteroatoms. The molecule has 6 nitrogen and oxygen atoms in total. The van der Waals surface area contributed by atoms with Crippen LogP contribution in [0, 0.1) is 20.8 Å². The van der Waals surface area contributed by atoms with Crippen LogP contribution in [0.2, 0.25) is 0 Å². The third-order valence-electron chi connectivity index (χ3n) is 4.10. The van der Waals surface area contributed by atoms with Gasteiger partial charge < -0.3 is 4.74 Å². The van der Waals surface area contributed by atoms with E-state index in [0.29, 0.717) is 16.8 Å². The molecule has 0 fully saturated rings. The van der Waals surface area contributed by atoms with E-state index in [9.17, 15) is 18.0 Å². The highest BCUT2D eigenvalue weighted by molar-refractivity contribution is 7.92. The van der Waals surface area contributed by atoms with Gasteiger partial charge in [-0.2, -0.15) is 0 Å². The van der Waals surface area contributed by atoms with Crippen molar-refractivity contribution in [1.29, 1.82) is 0 Å². The van der Waals surface area contributed by atoms with Gasteiger partial charge in [0.15, 0.2) is 6.61 Å². The molecule has 0 amide bonds. The number of para-hydroxylation sites is 1. The van der Waals surface area contributed by atoms with Gasteiger partial charge in [-0.25, -0.2) is 8.42 Å². The zero-order chi connectivity index (χ0) is 20.2. The van der Waals surface area contributed by atoms with Crippen LogP contribution >= 0.6 is 0 Å². The van der Waals surface area contributed by atoms with Crippen LogP contribution in [0.1, 0.15) is 27.0 Å². The van der Waals surface area contributed by atoms with Crippen molar-refractivity contribution in [2.45, 2.75) is 20.8 Å². The number of rotatable bonds is 7. The summed E-state index contributed by atoms with van der Waals surface area (Å²) in [6.45, 7) is 4.55. The highest BCUT2D eigenvalue weighted by Gasteiger charge is 2.23.